The first kappa shape index (κ1) is 16.4. The number of nitrogens with one attached hydrogen (secondary N) is 1. The number of rotatable bonds is 4. The molecule has 1 aromatic heterocycles. The van der Waals surface area contributed by atoms with Gasteiger partial charge in [-0.2, -0.15) is 0 Å². The van der Waals surface area contributed by atoms with Crippen LogP contribution in [0.25, 0.3) is 5.69 Å². The van der Waals surface area contributed by atoms with Crippen LogP contribution in [0.5, 0.6) is 0 Å². The highest BCUT2D eigenvalue weighted by molar-refractivity contribution is 9.10. The van der Waals surface area contributed by atoms with E-state index in [9.17, 15) is 4.79 Å². The SMILES string of the molecule is Cc1ccc(Br)cc1CC(=O)Nc1cccc(-n2cnnc2C)c1. The Morgan fingerprint density at radius 3 is 2.79 bits per heavy atom. The number of nitrogens with zero attached hydrogens (tertiary/aromatic N) is 3. The summed E-state index contributed by atoms with van der Waals surface area (Å²) >= 11 is 3.45. The molecule has 0 saturated carbocycles. The zero-order valence-electron chi connectivity index (χ0n) is 13.5. The number of carbonyl (C=O) groups excluding carboxylic acids is 1. The number of carbonyl (C=O) groups is 1. The summed E-state index contributed by atoms with van der Waals surface area (Å²) in [5, 5.41) is 10.8. The number of hydrogen-bond acceptors (Lipinski definition) is 3. The van der Waals surface area contributed by atoms with E-state index in [2.05, 4.69) is 31.4 Å². The lowest BCUT2D eigenvalue weighted by molar-refractivity contribution is -0.115. The molecule has 0 aliphatic heterocycles. The molecule has 0 aliphatic carbocycles. The van der Waals surface area contributed by atoms with Crippen molar-refractivity contribution < 1.29 is 4.79 Å². The lowest BCUT2D eigenvalue weighted by atomic mass is 10.1. The molecule has 0 atom stereocenters. The van der Waals surface area contributed by atoms with Gasteiger partial charge in [-0.1, -0.05) is 28.1 Å². The van der Waals surface area contributed by atoms with E-state index in [0.717, 1.165) is 32.8 Å². The summed E-state index contributed by atoms with van der Waals surface area (Å²) < 4.78 is 2.84. The maximum atomic E-state index is 12.4. The summed E-state index contributed by atoms with van der Waals surface area (Å²) in [7, 11) is 0. The van der Waals surface area contributed by atoms with E-state index in [1.54, 1.807) is 6.33 Å². The van der Waals surface area contributed by atoms with Crippen molar-refractivity contribution in [2.75, 3.05) is 5.32 Å². The fraction of sp³-hybridized carbons (Fsp3) is 0.167. The molecule has 0 spiro atoms. The van der Waals surface area contributed by atoms with Crippen molar-refractivity contribution in [3.05, 3.63) is 70.2 Å². The van der Waals surface area contributed by atoms with Gasteiger partial charge in [0, 0.05) is 10.2 Å². The third-order valence-electron chi connectivity index (χ3n) is 3.79. The zero-order valence-corrected chi connectivity index (χ0v) is 15.0. The average Bonchev–Trinajstić information content (AvgIpc) is 2.97. The van der Waals surface area contributed by atoms with Crippen LogP contribution in [0.4, 0.5) is 5.69 Å². The van der Waals surface area contributed by atoms with Crippen LogP contribution in [0.2, 0.25) is 0 Å². The molecule has 6 heteroatoms. The van der Waals surface area contributed by atoms with Crippen molar-refractivity contribution in [1.82, 2.24) is 14.8 Å². The first-order chi connectivity index (χ1) is 11.5. The first-order valence-corrected chi connectivity index (χ1v) is 8.34. The van der Waals surface area contributed by atoms with E-state index < -0.39 is 0 Å². The number of aromatic nitrogens is 3. The van der Waals surface area contributed by atoms with Crippen LogP contribution < -0.4 is 5.32 Å². The molecule has 0 fully saturated rings. The molecule has 3 rings (SSSR count). The summed E-state index contributed by atoms with van der Waals surface area (Å²) in [6.45, 7) is 3.89. The van der Waals surface area contributed by atoms with Crippen molar-refractivity contribution in [2.24, 2.45) is 0 Å². The number of hydrogen-bond donors (Lipinski definition) is 1. The van der Waals surface area contributed by atoms with E-state index >= 15 is 0 Å². The second-order valence-electron chi connectivity index (χ2n) is 5.59. The molecule has 5 nitrogen and oxygen atoms in total. The maximum Gasteiger partial charge on any atom is 0.228 e. The normalized spacial score (nSPS) is 10.6. The molecular weight excluding hydrogens is 368 g/mol. The fourth-order valence-corrected chi connectivity index (χ4v) is 2.90. The third kappa shape index (κ3) is 3.71. The Balaban J connectivity index is 1.75. The van der Waals surface area contributed by atoms with Crippen molar-refractivity contribution in [3.63, 3.8) is 0 Å². The fourth-order valence-electron chi connectivity index (χ4n) is 2.49. The molecular formula is C18H17BrN4O. The molecule has 0 saturated heterocycles. The van der Waals surface area contributed by atoms with Crippen molar-refractivity contribution >= 4 is 27.5 Å². The molecule has 0 unspecified atom stereocenters. The third-order valence-corrected chi connectivity index (χ3v) is 4.28. The van der Waals surface area contributed by atoms with E-state index in [-0.39, 0.29) is 5.91 Å². The topological polar surface area (TPSA) is 59.8 Å². The minimum absolute atomic E-state index is 0.0474. The van der Waals surface area contributed by atoms with Gasteiger partial charge in [0.15, 0.2) is 0 Å². The van der Waals surface area contributed by atoms with Crippen LogP contribution in [-0.2, 0) is 11.2 Å². The molecule has 3 aromatic rings. The minimum Gasteiger partial charge on any atom is -0.326 e. The highest BCUT2D eigenvalue weighted by Gasteiger charge is 2.08. The molecule has 1 amide bonds. The van der Waals surface area contributed by atoms with Gasteiger partial charge < -0.3 is 5.32 Å². The van der Waals surface area contributed by atoms with Gasteiger partial charge >= 0.3 is 0 Å². The van der Waals surface area contributed by atoms with E-state index in [4.69, 9.17) is 0 Å². The van der Waals surface area contributed by atoms with E-state index in [0.29, 0.717) is 6.42 Å². The van der Waals surface area contributed by atoms with Crippen LogP contribution in [0.15, 0.2) is 53.3 Å². The Labute approximate surface area is 148 Å². The Bertz CT molecular complexity index is 888. The zero-order chi connectivity index (χ0) is 17.1. The average molecular weight is 385 g/mol. The summed E-state index contributed by atoms with van der Waals surface area (Å²) in [4.78, 5) is 12.4. The predicted octanol–water partition coefficient (Wildman–Crippen LogP) is 3.83. The van der Waals surface area contributed by atoms with Crippen LogP contribution in [-0.4, -0.2) is 20.7 Å². The number of benzene rings is 2. The molecule has 0 aliphatic rings. The van der Waals surface area contributed by atoms with Gasteiger partial charge in [-0.25, -0.2) is 0 Å². The molecule has 0 radical (unpaired) electrons. The molecule has 1 N–H and O–H groups in total. The monoisotopic (exact) mass is 384 g/mol. The number of aryl methyl sites for hydroxylation is 2. The molecule has 2 aromatic carbocycles. The molecule has 1 heterocycles. The predicted molar refractivity (Wildman–Crippen MR) is 97.3 cm³/mol. The first-order valence-electron chi connectivity index (χ1n) is 7.55. The summed E-state index contributed by atoms with van der Waals surface area (Å²) in [6, 6.07) is 13.6. The standard InChI is InChI=1S/C18H17BrN4O/c1-12-6-7-15(19)8-14(12)9-18(24)21-16-4-3-5-17(10-16)23-11-20-22-13(23)2/h3-8,10-11H,9H2,1-2H3,(H,21,24). The van der Waals surface area contributed by atoms with Crippen LogP contribution in [0.3, 0.4) is 0 Å². The van der Waals surface area contributed by atoms with Gasteiger partial charge in [-0.3, -0.25) is 9.36 Å². The Kier molecular flexibility index (Phi) is 4.76. The number of amides is 1. The summed E-state index contributed by atoms with van der Waals surface area (Å²) in [5.74, 6) is 0.747. The van der Waals surface area contributed by atoms with Gasteiger partial charge in [-0.05, 0) is 55.3 Å². The second-order valence-corrected chi connectivity index (χ2v) is 6.51. The van der Waals surface area contributed by atoms with E-state index in [1.807, 2.05) is 60.9 Å². The molecule has 24 heavy (non-hydrogen) atoms. The van der Waals surface area contributed by atoms with Crippen LogP contribution in [0.1, 0.15) is 17.0 Å². The second kappa shape index (κ2) is 6.97. The Morgan fingerprint density at radius 1 is 1.21 bits per heavy atom. The smallest absolute Gasteiger partial charge is 0.228 e. The maximum absolute atomic E-state index is 12.4. The summed E-state index contributed by atoms with van der Waals surface area (Å²) in [6.07, 6.45) is 1.99. The quantitative estimate of drug-likeness (QED) is 0.743. The van der Waals surface area contributed by atoms with Gasteiger partial charge in [-0.15, -0.1) is 10.2 Å². The highest BCUT2D eigenvalue weighted by Crippen LogP contribution is 2.19. The highest BCUT2D eigenvalue weighted by atomic mass is 79.9. The lowest BCUT2D eigenvalue weighted by Crippen LogP contribution is -2.15. The largest absolute Gasteiger partial charge is 0.326 e. The summed E-state index contributed by atoms with van der Waals surface area (Å²) in [5.41, 5.74) is 3.77. The van der Waals surface area contributed by atoms with Crippen LogP contribution >= 0.6 is 15.9 Å². The number of halogens is 1. The van der Waals surface area contributed by atoms with Gasteiger partial charge in [0.05, 0.1) is 12.1 Å². The molecule has 0 bridgehead atoms. The van der Waals surface area contributed by atoms with Gasteiger partial charge in [0.1, 0.15) is 12.2 Å². The minimum atomic E-state index is -0.0474. The number of anilines is 1. The molecule has 122 valence electrons. The van der Waals surface area contributed by atoms with Gasteiger partial charge in [0.2, 0.25) is 5.91 Å². The Hall–Kier alpha value is -2.47. The lowest BCUT2D eigenvalue weighted by Gasteiger charge is -2.10. The Morgan fingerprint density at radius 2 is 2.04 bits per heavy atom. The van der Waals surface area contributed by atoms with Crippen molar-refractivity contribution in [1.29, 1.82) is 0 Å². The van der Waals surface area contributed by atoms with Crippen molar-refractivity contribution in [2.45, 2.75) is 20.3 Å². The van der Waals surface area contributed by atoms with Crippen LogP contribution in [0, 0.1) is 13.8 Å². The van der Waals surface area contributed by atoms with E-state index in [1.165, 1.54) is 0 Å². The van der Waals surface area contributed by atoms with Gasteiger partial charge in [0.25, 0.3) is 0 Å². The van der Waals surface area contributed by atoms with Crippen molar-refractivity contribution in [3.8, 4) is 5.69 Å².